The number of nitrogens with one attached hydrogen (secondary N) is 1. The molecule has 7 nitrogen and oxygen atoms in total. The minimum absolute atomic E-state index is 0.00932. The van der Waals surface area contributed by atoms with Crippen LogP contribution in [0.1, 0.15) is 19.4 Å². The highest BCUT2D eigenvalue weighted by Gasteiger charge is 2.36. The summed E-state index contributed by atoms with van der Waals surface area (Å²) in [5.74, 6) is -0.595. The van der Waals surface area contributed by atoms with Gasteiger partial charge in [-0.05, 0) is 85.8 Å². The van der Waals surface area contributed by atoms with Gasteiger partial charge in [0, 0.05) is 0 Å². The van der Waals surface area contributed by atoms with Crippen LogP contribution in [-0.4, -0.2) is 29.6 Å². The number of rotatable bonds is 5. The van der Waals surface area contributed by atoms with Gasteiger partial charge in [-0.25, -0.2) is 9.69 Å². The molecule has 0 aromatic heterocycles. The molecule has 0 spiro atoms. The molecule has 9 heteroatoms. The molecule has 2 N–H and O–H groups in total. The molecule has 2 aromatic rings. The second-order valence-corrected chi connectivity index (χ2v) is 8.70. The number of aromatic hydroxyl groups is 1. The van der Waals surface area contributed by atoms with Gasteiger partial charge in [-0.15, -0.1) is 0 Å². The minimum Gasteiger partial charge on any atom is -0.508 e. The summed E-state index contributed by atoms with van der Waals surface area (Å²) >= 11 is 6.90. The monoisotopic (exact) mass is 536 g/mol. The van der Waals surface area contributed by atoms with Crippen molar-refractivity contribution >= 4 is 61.5 Å². The number of nitrogens with zero attached hydrogens (tertiary/aromatic N) is 1. The number of benzene rings is 2. The van der Waals surface area contributed by atoms with Crippen LogP contribution in [0, 0.1) is 5.92 Å². The molecule has 2 aromatic carbocycles. The Balaban J connectivity index is 1.95. The van der Waals surface area contributed by atoms with Crippen LogP contribution in [0.5, 0.6) is 11.5 Å². The van der Waals surface area contributed by atoms with Gasteiger partial charge in [-0.1, -0.05) is 13.8 Å². The van der Waals surface area contributed by atoms with Crippen molar-refractivity contribution in [2.75, 3.05) is 11.5 Å². The lowest BCUT2D eigenvalue weighted by molar-refractivity contribution is -0.122. The fraction of sp³-hybridized carbons (Fsp3) is 0.190. The Labute approximate surface area is 190 Å². The summed E-state index contributed by atoms with van der Waals surface area (Å²) in [7, 11) is 0. The van der Waals surface area contributed by atoms with E-state index in [-0.39, 0.29) is 17.0 Å². The number of ether oxygens (including phenoxy) is 1. The Bertz CT molecular complexity index is 1020. The molecule has 1 saturated heterocycles. The van der Waals surface area contributed by atoms with Crippen LogP contribution in [0.4, 0.5) is 10.5 Å². The average molecular weight is 538 g/mol. The Hall–Kier alpha value is -2.65. The van der Waals surface area contributed by atoms with Crippen molar-refractivity contribution < 1.29 is 24.2 Å². The maximum atomic E-state index is 12.9. The van der Waals surface area contributed by atoms with Gasteiger partial charge in [0.25, 0.3) is 11.8 Å². The number of phenolic OH excluding ortho intramolecular Hbond substituents is 1. The summed E-state index contributed by atoms with van der Waals surface area (Å²) in [6.45, 7) is 4.60. The lowest BCUT2D eigenvalue weighted by Gasteiger charge is -2.26. The molecule has 1 heterocycles. The largest absolute Gasteiger partial charge is 0.508 e. The quantitative estimate of drug-likeness (QED) is 0.428. The normalized spacial score (nSPS) is 15.7. The molecule has 30 heavy (non-hydrogen) atoms. The number of phenols is 1. The van der Waals surface area contributed by atoms with Crippen LogP contribution >= 0.6 is 31.9 Å². The summed E-state index contributed by atoms with van der Waals surface area (Å²) in [6, 6.07) is 8.10. The molecule has 3 rings (SSSR count). The highest BCUT2D eigenvalue weighted by molar-refractivity contribution is 9.11. The molecule has 0 saturated carbocycles. The number of hydrogen-bond acceptors (Lipinski definition) is 5. The number of carbonyl (C=O) groups excluding carboxylic acids is 3. The SMILES string of the molecule is CC(C)COc1c(Br)cc(/C=C2\C(=O)NC(=O)N(c3ccc(O)cc3)C2=O)cc1Br. The first kappa shape index (κ1) is 22.0. The third kappa shape index (κ3) is 4.73. The fourth-order valence-electron chi connectivity index (χ4n) is 2.71. The number of urea groups is 1. The molecule has 0 bridgehead atoms. The molecule has 0 aliphatic carbocycles. The number of carbonyl (C=O) groups is 3. The summed E-state index contributed by atoms with van der Waals surface area (Å²) in [5.41, 5.74) is 0.593. The molecule has 0 unspecified atom stereocenters. The van der Waals surface area contributed by atoms with E-state index < -0.39 is 17.8 Å². The van der Waals surface area contributed by atoms with Crippen LogP contribution in [0.15, 0.2) is 50.9 Å². The van der Waals surface area contributed by atoms with E-state index in [2.05, 4.69) is 37.2 Å². The second kappa shape index (κ2) is 9.01. The number of anilines is 1. The summed E-state index contributed by atoms with van der Waals surface area (Å²) < 4.78 is 7.09. The molecular weight excluding hydrogens is 520 g/mol. The Kier molecular flexibility index (Phi) is 6.62. The van der Waals surface area contributed by atoms with Crippen molar-refractivity contribution in [3.05, 3.63) is 56.5 Å². The smallest absolute Gasteiger partial charge is 0.335 e. The van der Waals surface area contributed by atoms with Gasteiger partial charge in [0.1, 0.15) is 17.1 Å². The maximum absolute atomic E-state index is 12.9. The lowest BCUT2D eigenvalue weighted by Crippen LogP contribution is -2.54. The third-order valence-electron chi connectivity index (χ3n) is 4.10. The zero-order valence-electron chi connectivity index (χ0n) is 16.1. The molecule has 1 aliphatic heterocycles. The number of imide groups is 2. The molecule has 0 radical (unpaired) electrons. The Morgan fingerprint density at radius 2 is 1.70 bits per heavy atom. The number of halogens is 2. The van der Waals surface area contributed by atoms with Crippen molar-refractivity contribution in [2.24, 2.45) is 5.92 Å². The Morgan fingerprint density at radius 3 is 2.27 bits per heavy atom. The van der Waals surface area contributed by atoms with Crippen molar-refractivity contribution in [2.45, 2.75) is 13.8 Å². The van der Waals surface area contributed by atoms with E-state index in [9.17, 15) is 19.5 Å². The van der Waals surface area contributed by atoms with Gasteiger partial charge in [0.05, 0.1) is 21.2 Å². The van der Waals surface area contributed by atoms with E-state index in [0.717, 1.165) is 4.90 Å². The van der Waals surface area contributed by atoms with Crippen LogP contribution in [0.25, 0.3) is 6.08 Å². The van der Waals surface area contributed by atoms with Gasteiger partial charge in [-0.2, -0.15) is 0 Å². The average Bonchev–Trinajstić information content (AvgIpc) is 2.65. The van der Waals surface area contributed by atoms with E-state index in [1.807, 2.05) is 13.8 Å². The van der Waals surface area contributed by atoms with Crippen LogP contribution < -0.4 is 15.0 Å². The first-order chi connectivity index (χ1) is 14.2. The molecule has 4 amide bonds. The maximum Gasteiger partial charge on any atom is 0.335 e. The van der Waals surface area contributed by atoms with Gasteiger partial charge in [0.15, 0.2) is 0 Å². The molecular formula is C21H18Br2N2O5. The zero-order valence-corrected chi connectivity index (χ0v) is 19.3. The number of hydrogen-bond donors (Lipinski definition) is 2. The van der Waals surface area contributed by atoms with E-state index in [1.54, 1.807) is 12.1 Å². The van der Waals surface area contributed by atoms with Crippen LogP contribution in [0.2, 0.25) is 0 Å². The number of amides is 4. The van der Waals surface area contributed by atoms with Gasteiger partial charge in [0.2, 0.25) is 0 Å². The summed E-state index contributed by atoms with van der Waals surface area (Å²) in [4.78, 5) is 38.3. The highest BCUT2D eigenvalue weighted by Crippen LogP contribution is 2.36. The Morgan fingerprint density at radius 1 is 1.10 bits per heavy atom. The lowest BCUT2D eigenvalue weighted by atomic mass is 10.1. The molecule has 1 aliphatic rings. The highest BCUT2D eigenvalue weighted by atomic mass is 79.9. The van der Waals surface area contributed by atoms with Gasteiger partial charge < -0.3 is 9.84 Å². The fourth-order valence-corrected chi connectivity index (χ4v) is 4.16. The zero-order chi connectivity index (χ0) is 22.0. The van der Waals surface area contributed by atoms with E-state index in [1.165, 1.54) is 30.3 Å². The van der Waals surface area contributed by atoms with Crippen molar-refractivity contribution in [3.63, 3.8) is 0 Å². The minimum atomic E-state index is -0.854. The van der Waals surface area contributed by atoms with Crippen LogP contribution in [-0.2, 0) is 9.59 Å². The summed E-state index contributed by atoms with van der Waals surface area (Å²) in [6.07, 6.45) is 1.40. The summed E-state index contributed by atoms with van der Waals surface area (Å²) in [5, 5.41) is 11.6. The topological polar surface area (TPSA) is 95.9 Å². The predicted molar refractivity (Wildman–Crippen MR) is 119 cm³/mol. The van der Waals surface area contributed by atoms with E-state index in [4.69, 9.17) is 4.74 Å². The predicted octanol–water partition coefficient (Wildman–Crippen LogP) is 4.62. The number of barbiturate groups is 1. The standard InChI is InChI=1S/C21H18Br2N2O5/c1-11(2)10-30-18-16(22)8-12(9-17(18)23)7-15-19(27)24-21(29)25(20(15)28)13-3-5-14(26)6-4-13/h3-9,11,26H,10H2,1-2H3,(H,24,27,29)/b15-7+. The first-order valence-corrected chi connectivity index (χ1v) is 10.6. The van der Waals surface area contributed by atoms with E-state index in [0.29, 0.717) is 32.8 Å². The third-order valence-corrected chi connectivity index (χ3v) is 5.28. The second-order valence-electron chi connectivity index (χ2n) is 6.99. The van der Waals surface area contributed by atoms with Crippen LogP contribution in [0.3, 0.4) is 0 Å². The molecule has 0 atom stereocenters. The molecule has 156 valence electrons. The van der Waals surface area contributed by atoms with Crippen molar-refractivity contribution in [3.8, 4) is 11.5 Å². The van der Waals surface area contributed by atoms with Gasteiger partial charge in [-0.3, -0.25) is 14.9 Å². The first-order valence-electron chi connectivity index (χ1n) is 8.99. The van der Waals surface area contributed by atoms with Crippen molar-refractivity contribution in [1.29, 1.82) is 0 Å². The molecule has 1 fully saturated rings. The van der Waals surface area contributed by atoms with Gasteiger partial charge >= 0.3 is 6.03 Å². The van der Waals surface area contributed by atoms with Crippen molar-refractivity contribution in [1.82, 2.24) is 5.32 Å². The van der Waals surface area contributed by atoms with E-state index >= 15 is 0 Å².